The van der Waals surface area contributed by atoms with E-state index in [-0.39, 0.29) is 5.28 Å². The molecule has 4 rings (SSSR count). The van der Waals surface area contributed by atoms with Crippen LogP contribution in [0.15, 0.2) is 30.6 Å². The summed E-state index contributed by atoms with van der Waals surface area (Å²) in [6.45, 7) is 2.85. The molecule has 5 nitrogen and oxygen atoms in total. The zero-order chi connectivity index (χ0) is 16.7. The van der Waals surface area contributed by atoms with Gasteiger partial charge in [-0.3, -0.25) is 0 Å². The second kappa shape index (κ2) is 6.22. The van der Waals surface area contributed by atoms with Gasteiger partial charge < -0.3 is 9.88 Å². The summed E-state index contributed by atoms with van der Waals surface area (Å²) >= 11 is 12.0. The molecule has 7 heteroatoms. The number of halogens is 2. The molecule has 2 heterocycles. The van der Waals surface area contributed by atoms with Gasteiger partial charge in [0.2, 0.25) is 5.28 Å². The predicted octanol–water partition coefficient (Wildman–Crippen LogP) is 4.39. The average Bonchev–Trinajstić information content (AvgIpc) is 3.32. The summed E-state index contributed by atoms with van der Waals surface area (Å²) in [7, 11) is 0. The molecule has 0 spiro atoms. The van der Waals surface area contributed by atoms with Crippen LogP contribution in [0.2, 0.25) is 10.3 Å². The zero-order valence-electron chi connectivity index (χ0n) is 13.2. The average molecular weight is 362 g/mol. The Bertz CT molecular complexity index is 871. The molecule has 0 saturated heterocycles. The van der Waals surface area contributed by atoms with Gasteiger partial charge in [-0.05, 0) is 55.0 Å². The van der Waals surface area contributed by atoms with Crippen molar-refractivity contribution in [3.63, 3.8) is 0 Å². The van der Waals surface area contributed by atoms with Crippen molar-refractivity contribution in [2.24, 2.45) is 5.92 Å². The molecule has 1 fully saturated rings. The Morgan fingerprint density at radius 2 is 1.96 bits per heavy atom. The molecule has 124 valence electrons. The highest BCUT2D eigenvalue weighted by atomic mass is 35.5. The smallest absolute Gasteiger partial charge is 0.226 e. The summed E-state index contributed by atoms with van der Waals surface area (Å²) in [5.74, 6) is 1.46. The minimum atomic E-state index is 0.213. The lowest BCUT2D eigenvalue weighted by Crippen LogP contribution is -2.19. The number of anilines is 1. The van der Waals surface area contributed by atoms with E-state index in [0.717, 1.165) is 21.9 Å². The van der Waals surface area contributed by atoms with Crippen molar-refractivity contribution in [3.8, 4) is 0 Å². The zero-order valence-corrected chi connectivity index (χ0v) is 14.7. The number of benzene rings is 1. The highest BCUT2D eigenvalue weighted by Crippen LogP contribution is 2.34. The van der Waals surface area contributed by atoms with Gasteiger partial charge in [-0.2, -0.15) is 9.97 Å². The first-order chi connectivity index (χ1) is 11.6. The first-order valence-electron chi connectivity index (χ1n) is 7.99. The van der Waals surface area contributed by atoms with Crippen LogP contribution in [0.5, 0.6) is 0 Å². The summed E-state index contributed by atoms with van der Waals surface area (Å²) in [6.07, 6.45) is 4.30. The molecule has 1 aliphatic carbocycles. The highest BCUT2D eigenvalue weighted by Gasteiger charge is 2.29. The maximum Gasteiger partial charge on any atom is 0.226 e. The van der Waals surface area contributed by atoms with Gasteiger partial charge in [-0.25, -0.2) is 4.98 Å². The van der Waals surface area contributed by atoms with Crippen LogP contribution < -0.4 is 5.32 Å². The van der Waals surface area contributed by atoms with E-state index in [0.29, 0.717) is 24.2 Å². The standard InChI is InChI=1S/C17H17Cl2N5/c1-10(12-4-5-12)21-16-14-15(22-17(19)23-16)20-9-24(14)8-11-2-6-13(18)7-3-11/h2-3,6-7,9-10,12H,4-5,8H2,1H3,(H,21,22,23). The lowest BCUT2D eigenvalue weighted by Gasteiger charge is -2.15. The summed E-state index contributed by atoms with van der Waals surface area (Å²) in [4.78, 5) is 13.0. The van der Waals surface area contributed by atoms with Gasteiger partial charge in [0.15, 0.2) is 11.5 Å². The first kappa shape index (κ1) is 15.7. The molecule has 1 aliphatic rings. The van der Waals surface area contributed by atoms with Gasteiger partial charge in [0.05, 0.1) is 6.33 Å². The summed E-state index contributed by atoms with van der Waals surface area (Å²) in [6, 6.07) is 8.14. The summed E-state index contributed by atoms with van der Waals surface area (Å²) in [5.41, 5.74) is 2.62. The Balaban J connectivity index is 1.71. The van der Waals surface area contributed by atoms with E-state index in [1.54, 1.807) is 6.33 Å². The van der Waals surface area contributed by atoms with E-state index in [4.69, 9.17) is 23.2 Å². The monoisotopic (exact) mass is 361 g/mol. The second-order valence-electron chi connectivity index (χ2n) is 6.28. The van der Waals surface area contributed by atoms with Gasteiger partial charge in [-0.1, -0.05) is 23.7 Å². The number of imidazole rings is 1. The van der Waals surface area contributed by atoms with Crippen molar-refractivity contribution < 1.29 is 0 Å². The van der Waals surface area contributed by atoms with E-state index in [1.807, 2.05) is 28.8 Å². The second-order valence-corrected chi connectivity index (χ2v) is 7.06. The molecule has 2 aromatic heterocycles. The fourth-order valence-electron chi connectivity index (χ4n) is 2.89. The van der Waals surface area contributed by atoms with Gasteiger partial charge >= 0.3 is 0 Å². The lowest BCUT2D eigenvalue weighted by atomic mass is 10.2. The molecule has 0 amide bonds. The molecule has 24 heavy (non-hydrogen) atoms. The van der Waals surface area contributed by atoms with Crippen molar-refractivity contribution in [1.82, 2.24) is 19.5 Å². The molecular weight excluding hydrogens is 345 g/mol. The normalized spacial score (nSPS) is 15.6. The van der Waals surface area contributed by atoms with Gasteiger partial charge in [0.25, 0.3) is 0 Å². The van der Waals surface area contributed by atoms with Crippen LogP contribution in [0.4, 0.5) is 5.82 Å². The Morgan fingerprint density at radius 1 is 1.21 bits per heavy atom. The van der Waals surface area contributed by atoms with Crippen LogP contribution in [0.1, 0.15) is 25.3 Å². The number of nitrogens with one attached hydrogen (secondary N) is 1. The van der Waals surface area contributed by atoms with Crippen molar-refractivity contribution in [2.45, 2.75) is 32.4 Å². The lowest BCUT2D eigenvalue weighted by molar-refractivity contribution is 0.690. The number of aromatic nitrogens is 4. The molecule has 0 radical (unpaired) electrons. The third-order valence-corrected chi connectivity index (χ3v) is 4.83. The molecule has 0 bridgehead atoms. The number of rotatable bonds is 5. The van der Waals surface area contributed by atoms with E-state index in [2.05, 4.69) is 27.2 Å². The third kappa shape index (κ3) is 3.19. The SMILES string of the molecule is CC(Nc1nc(Cl)nc2ncn(Cc3ccc(Cl)cc3)c12)C1CC1. The van der Waals surface area contributed by atoms with Crippen LogP contribution in [0.3, 0.4) is 0 Å². The van der Waals surface area contributed by atoms with Crippen LogP contribution >= 0.6 is 23.2 Å². The Morgan fingerprint density at radius 3 is 2.67 bits per heavy atom. The number of hydrogen-bond donors (Lipinski definition) is 1. The molecule has 1 N–H and O–H groups in total. The van der Waals surface area contributed by atoms with Crippen LogP contribution in [-0.2, 0) is 6.54 Å². The number of fused-ring (bicyclic) bond motifs is 1. The molecule has 1 atom stereocenters. The highest BCUT2D eigenvalue weighted by molar-refractivity contribution is 6.30. The van der Waals surface area contributed by atoms with E-state index in [1.165, 1.54) is 12.8 Å². The van der Waals surface area contributed by atoms with Gasteiger partial charge in [0, 0.05) is 17.6 Å². The van der Waals surface area contributed by atoms with Crippen molar-refractivity contribution in [1.29, 1.82) is 0 Å². The first-order valence-corrected chi connectivity index (χ1v) is 8.75. The number of hydrogen-bond acceptors (Lipinski definition) is 4. The number of nitrogens with zero attached hydrogens (tertiary/aromatic N) is 4. The van der Waals surface area contributed by atoms with Crippen molar-refractivity contribution in [2.75, 3.05) is 5.32 Å². The van der Waals surface area contributed by atoms with Gasteiger partial charge in [0.1, 0.15) is 5.52 Å². The summed E-state index contributed by atoms with van der Waals surface area (Å²) in [5, 5.41) is 4.43. The van der Waals surface area contributed by atoms with E-state index in [9.17, 15) is 0 Å². The third-order valence-electron chi connectivity index (χ3n) is 4.40. The van der Waals surface area contributed by atoms with Crippen molar-refractivity contribution >= 4 is 40.2 Å². The molecule has 1 saturated carbocycles. The predicted molar refractivity (Wildman–Crippen MR) is 96.7 cm³/mol. The fraction of sp³-hybridized carbons (Fsp3) is 0.353. The van der Waals surface area contributed by atoms with E-state index >= 15 is 0 Å². The topological polar surface area (TPSA) is 55.6 Å². The van der Waals surface area contributed by atoms with Crippen LogP contribution in [-0.4, -0.2) is 25.6 Å². The quantitative estimate of drug-likeness (QED) is 0.684. The van der Waals surface area contributed by atoms with Crippen LogP contribution in [0, 0.1) is 5.92 Å². The Hall–Kier alpha value is -1.85. The van der Waals surface area contributed by atoms with Crippen LogP contribution in [0.25, 0.3) is 11.2 Å². The van der Waals surface area contributed by atoms with Gasteiger partial charge in [-0.15, -0.1) is 0 Å². The summed E-state index contributed by atoms with van der Waals surface area (Å²) < 4.78 is 2.04. The molecule has 1 unspecified atom stereocenters. The van der Waals surface area contributed by atoms with E-state index < -0.39 is 0 Å². The van der Waals surface area contributed by atoms with Crippen molar-refractivity contribution in [3.05, 3.63) is 46.5 Å². The maximum atomic E-state index is 6.06. The largest absolute Gasteiger partial charge is 0.365 e. The Labute approximate surface area is 150 Å². The fourth-order valence-corrected chi connectivity index (χ4v) is 3.18. The molecule has 0 aliphatic heterocycles. The maximum absolute atomic E-state index is 6.06. The minimum Gasteiger partial charge on any atom is -0.365 e. The molecule has 1 aromatic carbocycles. The molecular formula is C17H17Cl2N5. The Kier molecular flexibility index (Phi) is 4.06. The minimum absolute atomic E-state index is 0.213. The molecule has 3 aromatic rings.